The predicted molar refractivity (Wildman–Crippen MR) is 77.8 cm³/mol. The van der Waals surface area contributed by atoms with Crippen LogP contribution in [0, 0.1) is 0 Å². The Balaban J connectivity index is 2.49. The molecule has 112 valence electrons. The summed E-state index contributed by atoms with van der Waals surface area (Å²) in [4.78, 5) is 34.2. The lowest BCUT2D eigenvalue weighted by molar-refractivity contribution is -0.123. The van der Waals surface area contributed by atoms with E-state index in [4.69, 9.17) is 4.74 Å². The summed E-state index contributed by atoms with van der Waals surface area (Å²) in [6, 6.07) is 3.49. The van der Waals surface area contributed by atoms with Gasteiger partial charge in [-0.3, -0.25) is 10.1 Å². The van der Waals surface area contributed by atoms with Crippen LogP contribution >= 0.6 is 15.9 Å². The monoisotopic (exact) mass is 356 g/mol. The number of nitrogens with one attached hydrogen (secondary N) is 2. The Morgan fingerprint density at radius 1 is 1.38 bits per heavy atom. The third-order valence-corrected chi connectivity index (χ3v) is 2.67. The first-order valence-corrected chi connectivity index (χ1v) is 6.57. The quantitative estimate of drug-likeness (QED) is 0.545. The molecule has 0 atom stereocenters. The molecule has 1 aromatic rings. The Hall–Kier alpha value is -2.35. The van der Waals surface area contributed by atoms with Gasteiger partial charge in [-0.25, -0.2) is 9.59 Å². The maximum Gasteiger partial charge on any atom is 0.342 e. The molecule has 0 saturated carbocycles. The van der Waals surface area contributed by atoms with E-state index in [9.17, 15) is 19.5 Å². The lowest BCUT2D eigenvalue weighted by Crippen LogP contribution is -2.41. The van der Waals surface area contributed by atoms with Gasteiger partial charge in [-0.1, -0.05) is 22.0 Å². The number of esters is 1. The van der Waals surface area contributed by atoms with Crippen LogP contribution in [0.15, 0.2) is 35.3 Å². The summed E-state index contributed by atoms with van der Waals surface area (Å²) >= 11 is 3.14. The molecule has 3 amide bonds. The molecule has 1 rings (SSSR count). The Bertz CT molecular complexity index is 574. The van der Waals surface area contributed by atoms with Gasteiger partial charge in [0.2, 0.25) is 0 Å². The first kappa shape index (κ1) is 16.7. The fourth-order valence-corrected chi connectivity index (χ4v) is 1.61. The maximum atomic E-state index is 11.7. The number of urea groups is 1. The van der Waals surface area contributed by atoms with Crippen LogP contribution in [0.4, 0.5) is 4.79 Å². The van der Waals surface area contributed by atoms with Crippen molar-refractivity contribution in [2.24, 2.45) is 0 Å². The maximum absolute atomic E-state index is 11.7. The highest BCUT2D eigenvalue weighted by Gasteiger charge is 2.15. The number of hydrogen-bond acceptors (Lipinski definition) is 5. The number of hydrogen-bond donors (Lipinski definition) is 3. The van der Waals surface area contributed by atoms with Gasteiger partial charge in [-0.05, 0) is 18.2 Å². The Labute approximate surface area is 129 Å². The Morgan fingerprint density at radius 2 is 2.10 bits per heavy atom. The van der Waals surface area contributed by atoms with Crippen molar-refractivity contribution in [3.8, 4) is 5.75 Å². The lowest BCUT2D eigenvalue weighted by atomic mass is 10.2. The molecule has 0 aliphatic heterocycles. The van der Waals surface area contributed by atoms with Gasteiger partial charge in [0.25, 0.3) is 5.91 Å². The number of benzene rings is 1. The first-order chi connectivity index (χ1) is 9.93. The number of carbonyl (C=O) groups is 3. The van der Waals surface area contributed by atoms with E-state index in [2.05, 4.69) is 27.8 Å². The zero-order valence-electron chi connectivity index (χ0n) is 10.9. The molecular weight excluding hydrogens is 344 g/mol. The largest absolute Gasteiger partial charge is 0.507 e. The van der Waals surface area contributed by atoms with E-state index < -0.39 is 24.5 Å². The number of carbonyl (C=O) groups excluding carboxylic acids is 3. The topological polar surface area (TPSA) is 105 Å². The molecule has 7 nitrogen and oxygen atoms in total. The molecule has 0 fully saturated rings. The van der Waals surface area contributed by atoms with Crippen LogP contribution in [-0.2, 0) is 9.53 Å². The molecule has 0 radical (unpaired) electrons. The van der Waals surface area contributed by atoms with Crippen LogP contribution in [0.5, 0.6) is 5.75 Å². The summed E-state index contributed by atoms with van der Waals surface area (Å²) in [5.41, 5.74) is -0.0896. The van der Waals surface area contributed by atoms with Crippen molar-refractivity contribution in [3.05, 3.63) is 40.9 Å². The van der Waals surface area contributed by atoms with E-state index in [1.807, 2.05) is 5.32 Å². The molecule has 0 aliphatic carbocycles. The van der Waals surface area contributed by atoms with Crippen molar-refractivity contribution >= 4 is 33.8 Å². The fraction of sp³-hybridized carbons (Fsp3) is 0.154. The molecule has 0 unspecified atom stereocenters. The molecule has 8 heteroatoms. The normalized spacial score (nSPS) is 9.57. The van der Waals surface area contributed by atoms with Crippen LogP contribution in [0.2, 0.25) is 0 Å². The number of halogens is 1. The second kappa shape index (κ2) is 8.05. The number of phenolic OH excluding ortho intramolecular Hbond substituents is 1. The van der Waals surface area contributed by atoms with E-state index in [-0.39, 0.29) is 17.9 Å². The van der Waals surface area contributed by atoms with Crippen molar-refractivity contribution in [2.45, 2.75) is 0 Å². The Morgan fingerprint density at radius 3 is 2.76 bits per heavy atom. The SMILES string of the molecule is C=CCNC(=O)NC(=O)COC(=O)c1cc(Br)ccc1O. The summed E-state index contributed by atoms with van der Waals surface area (Å²) in [7, 11) is 0. The van der Waals surface area contributed by atoms with Gasteiger partial charge in [-0.15, -0.1) is 6.58 Å². The number of phenols is 1. The minimum atomic E-state index is -0.879. The molecule has 0 saturated heterocycles. The van der Waals surface area contributed by atoms with E-state index in [1.165, 1.54) is 18.2 Å². The lowest BCUT2D eigenvalue weighted by Gasteiger charge is -2.07. The first-order valence-electron chi connectivity index (χ1n) is 5.78. The number of aromatic hydroxyl groups is 1. The molecule has 1 aromatic carbocycles. The van der Waals surface area contributed by atoms with Crippen LogP contribution < -0.4 is 10.6 Å². The standard InChI is InChI=1S/C13H13BrN2O5/c1-2-5-15-13(20)16-11(18)7-21-12(19)9-6-8(14)3-4-10(9)17/h2-4,6,17H,1,5,7H2,(H2,15,16,18,20). The number of ether oxygens (including phenoxy) is 1. The summed E-state index contributed by atoms with van der Waals surface area (Å²) in [6.45, 7) is 2.95. The number of amides is 3. The highest BCUT2D eigenvalue weighted by molar-refractivity contribution is 9.10. The zero-order chi connectivity index (χ0) is 15.8. The van der Waals surface area contributed by atoms with Gasteiger partial charge < -0.3 is 15.2 Å². The average Bonchev–Trinajstić information content (AvgIpc) is 2.45. The zero-order valence-corrected chi connectivity index (χ0v) is 12.5. The minimum Gasteiger partial charge on any atom is -0.507 e. The summed E-state index contributed by atoms with van der Waals surface area (Å²) < 4.78 is 5.27. The molecule has 0 aliphatic rings. The van der Waals surface area contributed by atoms with Crippen LogP contribution in [0.3, 0.4) is 0 Å². The second-order valence-electron chi connectivity index (χ2n) is 3.78. The second-order valence-corrected chi connectivity index (χ2v) is 4.70. The smallest absolute Gasteiger partial charge is 0.342 e. The number of rotatable bonds is 5. The van der Waals surface area contributed by atoms with E-state index in [0.717, 1.165) is 0 Å². The predicted octanol–water partition coefficient (Wildman–Crippen LogP) is 1.32. The van der Waals surface area contributed by atoms with Crippen molar-refractivity contribution < 1.29 is 24.2 Å². The Kier molecular flexibility index (Phi) is 6.41. The molecule has 0 bridgehead atoms. The molecule has 0 aromatic heterocycles. The van der Waals surface area contributed by atoms with Gasteiger partial charge in [0.15, 0.2) is 6.61 Å². The van der Waals surface area contributed by atoms with Gasteiger partial charge in [-0.2, -0.15) is 0 Å². The van der Waals surface area contributed by atoms with E-state index >= 15 is 0 Å². The minimum absolute atomic E-state index is 0.0896. The number of imide groups is 1. The van der Waals surface area contributed by atoms with E-state index in [0.29, 0.717) is 4.47 Å². The van der Waals surface area contributed by atoms with Crippen molar-refractivity contribution in [3.63, 3.8) is 0 Å². The fourth-order valence-electron chi connectivity index (χ4n) is 1.25. The molecular formula is C13H13BrN2O5. The van der Waals surface area contributed by atoms with Crippen LogP contribution in [-0.4, -0.2) is 36.2 Å². The van der Waals surface area contributed by atoms with Crippen LogP contribution in [0.1, 0.15) is 10.4 Å². The van der Waals surface area contributed by atoms with Crippen molar-refractivity contribution in [1.29, 1.82) is 0 Å². The molecule has 0 heterocycles. The highest BCUT2D eigenvalue weighted by Crippen LogP contribution is 2.22. The molecule has 21 heavy (non-hydrogen) atoms. The summed E-state index contributed by atoms with van der Waals surface area (Å²) in [5, 5.41) is 13.8. The van der Waals surface area contributed by atoms with Gasteiger partial charge in [0.1, 0.15) is 11.3 Å². The summed E-state index contributed by atoms with van der Waals surface area (Å²) in [6.07, 6.45) is 1.44. The third-order valence-electron chi connectivity index (χ3n) is 2.17. The van der Waals surface area contributed by atoms with Crippen LogP contribution in [0.25, 0.3) is 0 Å². The van der Waals surface area contributed by atoms with Crippen molar-refractivity contribution in [2.75, 3.05) is 13.2 Å². The summed E-state index contributed by atoms with van der Waals surface area (Å²) in [5.74, 6) is -1.94. The molecule has 3 N–H and O–H groups in total. The highest BCUT2D eigenvalue weighted by atomic mass is 79.9. The average molecular weight is 357 g/mol. The third kappa shape index (κ3) is 5.65. The van der Waals surface area contributed by atoms with E-state index in [1.54, 1.807) is 6.07 Å². The van der Waals surface area contributed by atoms with Gasteiger partial charge in [0, 0.05) is 11.0 Å². The van der Waals surface area contributed by atoms with Crippen molar-refractivity contribution in [1.82, 2.24) is 10.6 Å². The van der Waals surface area contributed by atoms with Gasteiger partial charge >= 0.3 is 12.0 Å². The van der Waals surface area contributed by atoms with Gasteiger partial charge in [0.05, 0.1) is 0 Å². The molecule has 0 spiro atoms.